The molecule has 0 bridgehead atoms. The summed E-state index contributed by atoms with van der Waals surface area (Å²) in [4.78, 5) is 21.4. The van der Waals surface area contributed by atoms with Gasteiger partial charge >= 0.3 is 5.97 Å². The average Bonchev–Trinajstić information content (AvgIpc) is 2.33. The number of carboxylic acid groups (broad SMARTS) is 1. The highest BCUT2D eigenvalue weighted by Crippen LogP contribution is 2.23. The first-order valence-electron chi connectivity index (χ1n) is 6.34. The minimum absolute atomic E-state index is 0.0357. The zero-order valence-corrected chi connectivity index (χ0v) is 11.2. The molecule has 0 radical (unpaired) electrons. The Bertz CT molecular complexity index is 540. The predicted molar refractivity (Wildman–Crippen MR) is 72.5 cm³/mol. The number of nitro benzene ring substituents is 1. The lowest BCUT2D eigenvalue weighted by molar-refractivity contribution is -0.385. The third-order valence-electron chi connectivity index (χ3n) is 3.68. The van der Waals surface area contributed by atoms with Crippen molar-refractivity contribution in [1.82, 2.24) is 10.6 Å². The van der Waals surface area contributed by atoms with E-state index in [2.05, 4.69) is 10.6 Å². The van der Waals surface area contributed by atoms with Crippen molar-refractivity contribution in [2.75, 3.05) is 13.1 Å². The highest BCUT2D eigenvalue weighted by molar-refractivity contribution is 5.68. The zero-order valence-electron chi connectivity index (χ0n) is 11.2. The molecule has 1 aromatic rings. The van der Waals surface area contributed by atoms with Gasteiger partial charge in [-0.05, 0) is 12.5 Å². The van der Waals surface area contributed by atoms with Crippen LogP contribution in [-0.4, -0.2) is 34.6 Å². The number of nitrogens with zero attached hydrogens (tertiary/aromatic N) is 1. The Hall–Kier alpha value is -1.99. The molecule has 20 heavy (non-hydrogen) atoms. The van der Waals surface area contributed by atoms with Gasteiger partial charge in [0.15, 0.2) is 0 Å². The Kier molecular flexibility index (Phi) is 4.01. The Morgan fingerprint density at radius 1 is 1.55 bits per heavy atom. The molecule has 0 aromatic heterocycles. The van der Waals surface area contributed by atoms with E-state index in [4.69, 9.17) is 5.11 Å². The van der Waals surface area contributed by atoms with E-state index in [0.717, 1.165) is 5.56 Å². The summed E-state index contributed by atoms with van der Waals surface area (Å²) in [6.45, 7) is 3.31. The van der Waals surface area contributed by atoms with Crippen LogP contribution in [0.25, 0.3) is 0 Å². The summed E-state index contributed by atoms with van der Waals surface area (Å²) >= 11 is 0. The van der Waals surface area contributed by atoms with Crippen LogP contribution >= 0.6 is 0 Å². The lowest BCUT2D eigenvalue weighted by atomic mass is 9.88. The Labute approximate surface area is 116 Å². The van der Waals surface area contributed by atoms with Gasteiger partial charge in [-0.3, -0.25) is 14.9 Å². The number of nitro groups is 1. The van der Waals surface area contributed by atoms with E-state index in [1.54, 1.807) is 13.0 Å². The summed E-state index contributed by atoms with van der Waals surface area (Å²) in [6, 6.07) is 4.93. The molecule has 0 amide bonds. The van der Waals surface area contributed by atoms with Crippen molar-refractivity contribution in [2.24, 2.45) is 0 Å². The van der Waals surface area contributed by atoms with Crippen LogP contribution in [0, 0.1) is 17.0 Å². The second-order valence-corrected chi connectivity index (χ2v) is 5.13. The molecule has 0 atom stereocenters. The molecule has 1 aromatic carbocycles. The second kappa shape index (κ2) is 5.56. The summed E-state index contributed by atoms with van der Waals surface area (Å²) in [6.07, 6.45) is 0.0357. The quantitative estimate of drug-likeness (QED) is 0.526. The van der Waals surface area contributed by atoms with Crippen molar-refractivity contribution in [3.63, 3.8) is 0 Å². The Balaban J connectivity index is 2.09. The first-order chi connectivity index (χ1) is 9.43. The van der Waals surface area contributed by atoms with Crippen LogP contribution in [0.15, 0.2) is 18.2 Å². The second-order valence-electron chi connectivity index (χ2n) is 5.13. The number of aliphatic carboxylic acids is 1. The number of rotatable bonds is 6. The third kappa shape index (κ3) is 2.94. The molecule has 3 N–H and O–H groups in total. The number of carboxylic acids is 1. The molecule has 1 fully saturated rings. The minimum atomic E-state index is -0.852. The molecule has 0 saturated carbocycles. The molecule has 1 saturated heterocycles. The fraction of sp³-hybridized carbons (Fsp3) is 0.462. The molecule has 0 unspecified atom stereocenters. The summed E-state index contributed by atoms with van der Waals surface area (Å²) < 4.78 is 0. The smallest absolute Gasteiger partial charge is 0.305 e. The number of carbonyl (C=O) groups is 1. The van der Waals surface area contributed by atoms with Crippen molar-refractivity contribution >= 4 is 11.7 Å². The molecule has 1 aliphatic rings. The van der Waals surface area contributed by atoms with Crippen LogP contribution < -0.4 is 10.6 Å². The minimum Gasteiger partial charge on any atom is -0.481 e. The van der Waals surface area contributed by atoms with E-state index in [9.17, 15) is 14.9 Å². The summed E-state index contributed by atoms with van der Waals surface area (Å²) in [7, 11) is 0. The normalized spacial score (nSPS) is 16.4. The molecule has 2 rings (SSSR count). The van der Waals surface area contributed by atoms with Gasteiger partial charge in [-0.2, -0.15) is 0 Å². The van der Waals surface area contributed by atoms with E-state index < -0.39 is 16.4 Å². The summed E-state index contributed by atoms with van der Waals surface area (Å²) in [5.74, 6) is -0.852. The maximum Gasteiger partial charge on any atom is 0.305 e. The highest BCUT2D eigenvalue weighted by Gasteiger charge is 2.38. The van der Waals surface area contributed by atoms with Gasteiger partial charge in [0.2, 0.25) is 0 Å². The van der Waals surface area contributed by atoms with Crippen molar-refractivity contribution in [3.8, 4) is 0 Å². The number of nitrogens with one attached hydrogen (secondary N) is 2. The SMILES string of the molecule is Cc1c(CNC2(CC(=O)O)CNC2)cccc1[N+](=O)[O-]. The van der Waals surface area contributed by atoms with Crippen molar-refractivity contribution in [3.05, 3.63) is 39.4 Å². The van der Waals surface area contributed by atoms with E-state index in [1.165, 1.54) is 6.07 Å². The van der Waals surface area contributed by atoms with Crippen LogP contribution in [0.5, 0.6) is 0 Å². The summed E-state index contributed by atoms with van der Waals surface area (Å²) in [5.41, 5.74) is 1.06. The van der Waals surface area contributed by atoms with E-state index in [1.807, 2.05) is 6.07 Å². The summed E-state index contributed by atoms with van der Waals surface area (Å²) in [5, 5.41) is 26.1. The van der Waals surface area contributed by atoms with Crippen molar-refractivity contribution < 1.29 is 14.8 Å². The van der Waals surface area contributed by atoms with Crippen LogP contribution in [0.2, 0.25) is 0 Å². The van der Waals surface area contributed by atoms with Crippen molar-refractivity contribution in [2.45, 2.75) is 25.4 Å². The first-order valence-corrected chi connectivity index (χ1v) is 6.34. The van der Waals surface area contributed by atoms with Gasteiger partial charge in [0.1, 0.15) is 0 Å². The molecule has 0 spiro atoms. The molecule has 108 valence electrons. The fourth-order valence-electron chi connectivity index (χ4n) is 2.37. The predicted octanol–water partition coefficient (Wildman–Crippen LogP) is 0.810. The molecule has 1 heterocycles. The van der Waals surface area contributed by atoms with Gasteiger partial charge < -0.3 is 15.7 Å². The standard InChI is InChI=1S/C13H17N3O4/c1-9-10(3-2-4-11(9)16(19)20)6-15-13(5-12(17)18)7-14-8-13/h2-4,14-15H,5-8H2,1H3,(H,17,18). The largest absolute Gasteiger partial charge is 0.481 e. The maximum absolute atomic E-state index is 10.9. The lowest BCUT2D eigenvalue weighted by Crippen LogP contribution is -2.68. The van der Waals surface area contributed by atoms with Gasteiger partial charge in [-0.25, -0.2) is 0 Å². The average molecular weight is 279 g/mol. The topological polar surface area (TPSA) is 104 Å². The Morgan fingerprint density at radius 3 is 2.75 bits per heavy atom. The van der Waals surface area contributed by atoms with Gasteiger partial charge in [0.05, 0.1) is 16.9 Å². The molecular weight excluding hydrogens is 262 g/mol. The monoisotopic (exact) mass is 279 g/mol. The van der Waals surface area contributed by atoms with Crippen LogP contribution in [0.3, 0.4) is 0 Å². The Morgan fingerprint density at radius 2 is 2.25 bits per heavy atom. The lowest BCUT2D eigenvalue weighted by Gasteiger charge is -2.42. The first kappa shape index (κ1) is 14.4. The number of hydrogen-bond acceptors (Lipinski definition) is 5. The van der Waals surface area contributed by atoms with E-state index in [-0.39, 0.29) is 12.1 Å². The molecular formula is C13H17N3O4. The van der Waals surface area contributed by atoms with Gasteiger partial charge in [-0.1, -0.05) is 12.1 Å². The van der Waals surface area contributed by atoms with E-state index in [0.29, 0.717) is 25.2 Å². The molecule has 7 nitrogen and oxygen atoms in total. The van der Waals surface area contributed by atoms with Gasteiger partial charge in [0, 0.05) is 31.3 Å². The third-order valence-corrected chi connectivity index (χ3v) is 3.68. The maximum atomic E-state index is 10.9. The molecule has 7 heteroatoms. The number of benzene rings is 1. The molecule has 0 aliphatic carbocycles. The fourth-order valence-corrected chi connectivity index (χ4v) is 2.37. The van der Waals surface area contributed by atoms with Crippen LogP contribution in [-0.2, 0) is 11.3 Å². The van der Waals surface area contributed by atoms with Crippen molar-refractivity contribution in [1.29, 1.82) is 0 Å². The zero-order chi connectivity index (χ0) is 14.8. The highest BCUT2D eigenvalue weighted by atomic mass is 16.6. The van der Waals surface area contributed by atoms with Crippen LogP contribution in [0.1, 0.15) is 17.5 Å². The number of hydrogen-bond donors (Lipinski definition) is 3. The van der Waals surface area contributed by atoms with Gasteiger partial charge in [0.25, 0.3) is 5.69 Å². The van der Waals surface area contributed by atoms with Crippen LogP contribution in [0.4, 0.5) is 5.69 Å². The molecule has 1 aliphatic heterocycles. The van der Waals surface area contributed by atoms with Gasteiger partial charge in [-0.15, -0.1) is 0 Å². The van der Waals surface area contributed by atoms with E-state index >= 15 is 0 Å².